The van der Waals surface area contributed by atoms with E-state index in [9.17, 15) is 9.59 Å². The van der Waals surface area contributed by atoms with E-state index in [1.165, 1.54) is 0 Å². The highest BCUT2D eigenvalue weighted by Gasteiger charge is 2.27. The van der Waals surface area contributed by atoms with E-state index in [4.69, 9.17) is 5.73 Å². The molecule has 11 heavy (non-hydrogen) atoms. The van der Waals surface area contributed by atoms with Gasteiger partial charge < -0.3 is 5.73 Å². The monoisotopic (exact) mass is 155 g/mol. The average Bonchev–Trinajstić information content (AvgIpc) is 1.94. The summed E-state index contributed by atoms with van der Waals surface area (Å²) in [5.74, 6) is 0.290. The van der Waals surface area contributed by atoms with E-state index in [1.807, 2.05) is 0 Å². The first-order chi connectivity index (χ1) is 5.11. The van der Waals surface area contributed by atoms with Gasteiger partial charge in [-0.3, -0.25) is 9.59 Å². The van der Waals surface area contributed by atoms with Gasteiger partial charge in [-0.1, -0.05) is 0 Å². The zero-order valence-electron chi connectivity index (χ0n) is 6.67. The number of Topliss-reactive ketones (excluding diaryl/α,β-unsaturated/α-hetero) is 2. The fourth-order valence-electron chi connectivity index (χ4n) is 1.43. The Labute approximate surface area is 66.0 Å². The van der Waals surface area contributed by atoms with Gasteiger partial charge in [-0.25, -0.2) is 0 Å². The summed E-state index contributed by atoms with van der Waals surface area (Å²) < 4.78 is 0. The predicted octanol–water partition coefficient (Wildman–Crippen LogP) is 0.272. The molecule has 2 atom stereocenters. The standard InChI is InChI=1S/C8H13NO2/c1-5(10)6-2-3-8(11)7(9)4-6/h6-7H,2-4,9H2,1H3. The quantitative estimate of drug-likeness (QED) is 0.591. The second kappa shape index (κ2) is 3.13. The zero-order valence-corrected chi connectivity index (χ0v) is 6.67. The van der Waals surface area contributed by atoms with Crippen LogP contribution < -0.4 is 5.73 Å². The summed E-state index contributed by atoms with van der Waals surface area (Å²) in [6.45, 7) is 1.56. The van der Waals surface area contributed by atoms with Gasteiger partial charge in [-0.05, 0) is 19.8 Å². The van der Waals surface area contributed by atoms with E-state index < -0.39 is 6.04 Å². The molecule has 1 saturated carbocycles. The molecule has 0 bridgehead atoms. The fourth-order valence-corrected chi connectivity index (χ4v) is 1.43. The summed E-state index contributed by atoms with van der Waals surface area (Å²) >= 11 is 0. The van der Waals surface area contributed by atoms with Crippen LogP contribution in [0.2, 0.25) is 0 Å². The highest BCUT2D eigenvalue weighted by molar-refractivity contribution is 5.88. The second-order valence-corrected chi connectivity index (χ2v) is 3.15. The van der Waals surface area contributed by atoms with Crippen molar-refractivity contribution < 1.29 is 9.59 Å². The van der Waals surface area contributed by atoms with Crippen molar-refractivity contribution in [2.45, 2.75) is 32.2 Å². The van der Waals surface area contributed by atoms with Gasteiger partial charge in [0.15, 0.2) is 0 Å². The molecule has 0 aromatic heterocycles. The lowest BCUT2D eigenvalue weighted by molar-refractivity contribution is -0.126. The van der Waals surface area contributed by atoms with Crippen molar-refractivity contribution in [1.29, 1.82) is 0 Å². The maximum Gasteiger partial charge on any atom is 0.149 e. The second-order valence-electron chi connectivity index (χ2n) is 3.15. The lowest BCUT2D eigenvalue weighted by atomic mass is 9.83. The molecule has 0 aromatic rings. The average molecular weight is 155 g/mol. The molecule has 0 aromatic carbocycles. The zero-order chi connectivity index (χ0) is 8.43. The molecule has 1 aliphatic carbocycles. The highest BCUT2D eigenvalue weighted by atomic mass is 16.1. The minimum absolute atomic E-state index is 0.0303. The van der Waals surface area contributed by atoms with Crippen molar-refractivity contribution in [2.24, 2.45) is 11.7 Å². The van der Waals surface area contributed by atoms with Gasteiger partial charge in [0.05, 0.1) is 6.04 Å². The third-order valence-electron chi connectivity index (χ3n) is 2.27. The van der Waals surface area contributed by atoms with E-state index in [1.54, 1.807) is 6.92 Å². The van der Waals surface area contributed by atoms with Gasteiger partial charge in [0, 0.05) is 12.3 Å². The molecule has 0 heterocycles. The summed E-state index contributed by atoms with van der Waals surface area (Å²) in [7, 11) is 0. The number of hydrogen-bond acceptors (Lipinski definition) is 3. The van der Waals surface area contributed by atoms with Crippen LogP contribution in [0.4, 0.5) is 0 Å². The third kappa shape index (κ3) is 1.87. The fraction of sp³-hybridized carbons (Fsp3) is 0.750. The van der Waals surface area contributed by atoms with Crippen LogP contribution in [0.3, 0.4) is 0 Å². The molecule has 0 radical (unpaired) electrons. The molecule has 1 rings (SSSR count). The summed E-state index contributed by atoms with van der Waals surface area (Å²) in [6.07, 6.45) is 1.72. The van der Waals surface area contributed by atoms with Gasteiger partial charge in [0.25, 0.3) is 0 Å². The van der Waals surface area contributed by atoms with E-state index in [2.05, 4.69) is 0 Å². The van der Waals surface area contributed by atoms with Gasteiger partial charge in [0.1, 0.15) is 11.6 Å². The molecule has 1 aliphatic rings. The van der Waals surface area contributed by atoms with Crippen LogP contribution in [0.5, 0.6) is 0 Å². The minimum atomic E-state index is -0.391. The number of rotatable bonds is 1. The largest absolute Gasteiger partial charge is 0.321 e. The first-order valence-corrected chi connectivity index (χ1v) is 3.90. The number of hydrogen-bond donors (Lipinski definition) is 1. The van der Waals surface area contributed by atoms with Crippen LogP contribution in [-0.2, 0) is 9.59 Å². The Morgan fingerprint density at radius 1 is 1.64 bits per heavy atom. The minimum Gasteiger partial charge on any atom is -0.321 e. The molecular formula is C8H13NO2. The van der Waals surface area contributed by atoms with E-state index >= 15 is 0 Å². The van der Waals surface area contributed by atoms with Crippen molar-refractivity contribution in [2.75, 3.05) is 0 Å². The summed E-state index contributed by atoms with van der Waals surface area (Å²) in [5, 5.41) is 0. The molecule has 62 valence electrons. The van der Waals surface area contributed by atoms with Crippen LogP contribution in [0.25, 0.3) is 0 Å². The smallest absolute Gasteiger partial charge is 0.149 e. The molecule has 0 spiro atoms. The molecule has 2 N–H and O–H groups in total. The molecule has 3 heteroatoms. The number of carbonyl (C=O) groups is 2. The lowest BCUT2D eigenvalue weighted by Crippen LogP contribution is -2.38. The number of ketones is 2. The number of carbonyl (C=O) groups excluding carboxylic acids is 2. The first-order valence-electron chi connectivity index (χ1n) is 3.90. The highest BCUT2D eigenvalue weighted by Crippen LogP contribution is 2.21. The molecular weight excluding hydrogens is 142 g/mol. The maximum atomic E-state index is 10.9. The van der Waals surface area contributed by atoms with Crippen LogP contribution in [0.1, 0.15) is 26.2 Å². The summed E-state index contributed by atoms with van der Waals surface area (Å²) in [4.78, 5) is 21.8. The lowest BCUT2D eigenvalue weighted by Gasteiger charge is -2.23. The summed E-state index contributed by atoms with van der Waals surface area (Å²) in [5.41, 5.74) is 5.50. The van der Waals surface area contributed by atoms with Crippen molar-refractivity contribution in [3.05, 3.63) is 0 Å². The van der Waals surface area contributed by atoms with Crippen LogP contribution in [0, 0.1) is 5.92 Å². The molecule has 0 saturated heterocycles. The first kappa shape index (κ1) is 8.40. The van der Waals surface area contributed by atoms with Crippen molar-refractivity contribution >= 4 is 11.6 Å². The Balaban J connectivity index is 2.52. The van der Waals surface area contributed by atoms with Gasteiger partial charge in [-0.15, -0.1) is 0 Å². The SMILES string of the molecule is CC(=O)C1CCC(=O)C(N)C1. The molecule has 3 nitrogen and oxygen atoms in total. The predicted molar refractivity (Wildman–Crippen MR) is 41.0 cm³/mol. The number of nitrogens with two attached hydrogens (primary N) is 1. The van der Waals surface area contributed by atoms with Crippen LogP contribution in [0.15, 0.2) is 0 Å². The van der Waals surface area contributed by atoms with Gasteiger partial charge in [0.2, 0.25) is 0 Å². The van der Waals surface area contributed by atoms with Crippen molar-refractivity contribution in [1.82, 2.24) is 0 Å². The Hall–Kier alpha value is -0.700. The Bertz CT molecular complexity index is 189. The molecule has 1 fully saturated rings. The molecule has 0 amide bonds. The normalized spacial score (nSPS) is 32.0. The van der Waals surface area contributed by atoms with Gasteiger partial charge >= 0.3 is 0 Å². The molecule has 2 unspecified atom stereocenters. The third-order valence-corrected chi connectivity index (χ3v) is 2.27. The van der Waals surface area contributed by atoms with E-state index in [0.717, 1.165) is 0 Å². The summed E-state index contributed by atoms with van der Waals surface area (Å²) in [6, 6.07) is -0.391. The van der Waals surface area contributed by atoms with Crippen LogP contribution >= 0.6 is 0 Å². The molecule has 0 aliphatic heterocycles. The van der Waals surface area contributed by atoms with Crippen LogP contribution in [-0.4, -0.2) is 17.6 Å². The Morgan fingerprint density at radius 3 is 2.73 bits per heavy atom. The van der Waals surface area contributed by atoms with Gasteiger partial charge in [-0.2, -0.15) is 0 Å². The van der Waals surface area contributed by atoms with Crippen molar-refractivity contribution in [3.63, 3.8) is 0 Å². The Morgan fingerprint density at radius 2 is 2.27 bits per heavy atom. The topological polar surface area (TPSA) is 60.2 Å². The van der Waals surface area contributed by atoms with Crippen molar-refractivity contribution in [3.8, 4) is 0 Å². The maximum absolute atomic E-state index is 10.9. The van der Waals surface area contributed by atoms with E-state index in [0.29, 0.717) is 19.3 Å². The van der Waals surface area contributed by atoms with E-state index in [-0.39, 0.29) is 17.5 Å². The Kier molecular flexibility index (Phi) is 2.39.